The summed E-state index contributed by atoms with van der Waals surface area (Å²) in [5.41, 5.74) is 0. The molecule has 1 unspecified atom stereocenters. The summed E-state index contributed by atoms with van der Waals surface area (Å²) in [5.74, 6) is 0. The van der Waals surface area contributed by atoms with Crippen molar-refractivity contribution in [2.24, 2.45) is 0 Å². The van der Waals surface area contributed by atoms with E-state index in [1.807, 2.05) is 0 Å². The molecule has 0 aliphatic carbocycles. The minimum atomic E-state index is 0.285. The van der Waals surface area contributed by atoms with Crippen LogP contribution in [0.15, 0.2) is 0 Å². The Balaban J connectivity index is 1.71. The molecule has 15 heavy (non-hydrogen) atoms. The second-order valence-corrected chi connectivity index (χ2v) is 4.63. The van der Waals surface area contributed by atoms with Gasteiger partial charge in [-0.3, -0.25) is 4.90 Å². The Morgan fingerprint density at radius 2 is 1.93 bits per heavy atom. The van der Waals surface area contributed by atoms with Crippen LogP contribution in [0.4, 0.5) is 0 Å². The molecule has 2 heterocycles. The SMILES string of the molecule is OCC1CNCCN1CCN1CCCC1. The minimum Gasteiger partial charge on any atom is -0.395 e. The molecule has 0 spiro atoms. The lowest BCUT2D eigenvalue weighted by Gasteiger charge is -2.35. The van der Waals surface area contributed by atoms with Gasteiger partial charge in [0, 0.05) is 38.8 Å². The molecule has 2 rings (SSSR count). The van der Waals surface area contributed by atoms with Crippen LogP contribution in [-0.4, -0.2) is 73.4 Å². The Kier molecular flexibility index (Phi) is 4.38. The molecule has 2 N–H and O–H groups in total. The van der Waals surface area contributed by atoms with Crippen molar-refractivity contribution in [3.05, 3.63) is 0 Å². The topological polar surface area (TPSA) is 38.7 Å². The Morgan fingerprint density at radius 3 is 2.67 bits per heavy atom. The number of nitrogens with one attached hydrogen (secondary N) is 1. The Morgan fingerprint density at radius 1 is 1.13 bits per heavy atom. The minimum absolute atomic E-state index is 0.285. The normalized spacial score (nSPS) is 29.8. The lowest BCUT2D eigenvalue weighted by molar-refractivity contribution is 0.0917. The molecule has 0 bridgehead atoms. The summed E-state index contributed by atoms with van der Waals surface area (Å²) in [6.07, 6.45) is 2.73. The smallest absolute Gasteiger partial charge is 0.0599 e. The van der Waals surface area contributed by atoms with Crippen molar-refractivity contribution < 1.29 is 5.11 Å². The maximum absolute atomic E-state index is 9.26. The summed E-state index contributed by atoms with van der Waals surface area (Å²) in [4.78, 5) is 4.96. The van der Waals surface area contributed by atoms with E-state index in [4.69, 9.17) is 0 Å². The van der Waals surface area contributed by atoms with Gasteiger partial charge in [0.1, 0.15) is 0 Å². The van der Waals surface area contributed by atoms with E-state index in [1.165, 1.54) is 32.5 Å². The summed E-state index contributed by atoms with van der Waals surface area (Å²) >= 11 is 0. The van der Waals surface area contributed by atoms with Gasteiger partial charge in [0.15, 0.2) is 0 Å². The van der Waals surface area contributed by atoms with E-state index in [0.717, 1.165) is 26.2 Å². The molecule has 2 fully saturated rings. The number of aliphatic hydroxyl groups is 1. The molecular formula is C11H23N3O. The molecule has 0 aromatic heterocycles. The van der Waals surface area contributed by atoms with Crippen LogP contribution in [0.1, 0.15) is 12.8 Å². The maximum Gasteiger partial charge on any atom is 0.0599 e. The number of rotatable bonds is 4. The van der Waals surface area contributed by atoms with Crippen LogP contribution in [0.2, 0.25) is 0 Å². The molecule has 0 aromatic rings. The predicted octanol–water partition coefficient (Wildman–Crippen LogP) is -0.652. The third-order valence-electron chi connectivity index (χ3n) is 3.59. The number of likely N-dealkylation sites (tertiary alicyclic amines) is 1. The van der Waals surface area contributed by atoms with E-state index < -0.39 is 0 Å². The largest absolute Gasteiger partial charge is 0.395 e. The third-order valence-corrected chi connectivity index (χ3v) is 3.59. The second kappa shape index (κ2) is 5.80. The first-order valence-electron chi connectivity index (χ1n) is 6.18. The number of piperazine rings is 1. The lowest BCUT2D eigenvalue weighted by atomic mass is 10.2. The van der Waals surface area contributed by atoms with E-state index in [1.54, 1.807) is 0 Å². The van der Waals surface area contributed by atoms with Crippen molar-refractivity contribution in [3.8, 4) is 0 Å². The van der Waals surface area contributed by atoms with Crippen molar-refractivity contribution >= 4 is 0 Å². The van der Waals surface area contributed by atoms with Gasteiger partial charge in [0.25, 0.3) is 0 Å². The molecule has 0 radical (unpaired) electrons. The fourth-order valence-corrected chi connectivity index (χ4v) is 2.55. The summed E-state index contributed by atoms with van der Waals surface area (Å²) in [6.45, 7) is 8.22. The van der Waals surface area contributed by atoms with Crippen LogP contribution in [0.5, 0.6) is 0 Å². The summed E-state index contributed by atoms with van der Waals surface area (Å²) in [5, 5.41) is 12.6. The van der Waals surface area contributed by atoms with E-state index in [2.05, 4.69) is 15.1 Å². The van der Waals surface area contributed by atoms with Gasteiger partial charge < -0.3 is 15.3 Å². The Labute approximate surface area is 92.2 Å². The average molecular weight is 213 g/mol. The van der Waals surface area contributed by atoms with Crippen molar-refractivity contribution in [1.29, 1.82) is 0 Å². The summed E-state index contributed by atoms with van der Waals surface area (Å²) in [6, 6.07) is 0.335. The van der Waals surface area contributed by atoms with E-state index in [9.17, 15) is 5.11 Å². The van der Waals surface area contributed by atoms with Crippen LogP contribution in [-0.2, 0) is 0 Å². The standard InChI is InChI=1S/C11H23N3O/c15-10-11-9-12-3-6-14(11)8-7-13-4-1-2-5-13/h11-12,15H,1-10H2. The fraction of sp³-hybridized carbons (Fsp3) is 1.00. The molecule has 88 valence electrons. The number of hydrogen-bond acceptors (Lipinski definition) is 4. The molecular weight excluding hydrogens is 190 g/mol. The van der Waals surface area contributed by atoms with Crippen molar-refractivity contribution in [3.63, 3.8) is 0 Å². The van der Waals surface area contributed by atoms with Gasteiger partial charge >= 0.3 is 0 Å². The van der Waals surface area contributed by atoms with Crippen LogP contribution >= 0.6 is 0 Å². The third kappa shape index (κ3) is 3.14. The molecule has 2 saturated heterocycles. The molecule has 2 aliphatic heterocycles. The zero-order valence-electron chi connectivity index (χ0n) is 9.49. The molecule has 0 aromatic carbocycles. The molecule has 0 saturated carbocycles. The van der Waals surface area contributed by atoms with Crippen molar-refractivity contribution in [2.75, 3.05) is 52.4 Å². The number of hydrogen-bond donors (Lipinski definition) is 2. The van der Waals surface area contributed by atoms with Gasteiger partial charge in [-0.2, -0.15) is 0 Å². The van der Waals surface area contributed by atoms with Crippen LogP contribution in [0, 0.1) is 0 Å². The highest BCUT2D eigenvalue weighted by molar-refractivity contribution is 4.80. The first-order valence-corrected chi connectivity index (χ1v) is 6.18. The Hall–Kier alpha value is -0.160. The van der Waals surface area contributed by atoms with Gasteiger partial charge in [-0.1, -0.05) is 0 Å². The number of aliphatic hydroxyl groups excluding tert-OH is 1. The summed E-state index contributed by atoms with van der Waals surface area (Å²) < 4.78 is 0. The van der Waals surface area contributed by atoms with Crippen molar-refractivity contribution in [1.82, 2.24) is 15.1 Å². The molecule has 0 amide bonds. The van der Waals surface area contributed by atoms with Gasteiger partial charge in [0.05, 0.1) is 6.61 Å². The highest BCUT2D eigenvalue weighted by Crippen LogP contribution is 2.08. The lowest BCUT2D eigenvalue weighted by Crippen LogP contribution is -2.54. The monoisotopic (exact) mass is 213 g/mol. The van der Waals surface area contributed by atoms with E-state index in [-0.39, 0.29) is 6.61 Å². The van der Waals surface area contributed by atoms with Crippen LogP contribution in [0.3, 0.4) is 0 Å². The van der Waals surface area contributed by atoms with Gasteiger partial charge in [-0.25, -0.2) is 0 Å². The van der Waals surface area contributed by atoms with Crippen molar-refractivity contribution in [2.45, 2.75) is 18.9 Å². The van der Waals surface area contributed by atoms with Gasteiger partial charge in [-0.15, -0.1) is 0 Å². The van der Waals surface area contributed by atoms with Gasteiger partial charge in [0.2, 0.25) is 0 Å². The van der Waals surface area contributed by atoms with Gasteiger partial charge in [-0.05, 0) is 25.9 Å². The van der Waals surface area contributed by atoms with E-state index in [0.29, 0.717) is 6.04 Å². The Bertz CT molecular complexity index is 183. The molecule has 4 heteroatoms. The molecule has 4 nitrogen and oxygen atoms in total. The first-order chi connectivity index (χ1) is 7.40. The highest BCUT2D eigenvalue weighted by Gasteiger charge is 2.22. The van der Waals surface area contributed by atoms with Crippen LogP contribution < -0.4 is 5.32 Å². The highest BCUT2D eigenvalue weighted by atomic mass is 16.3. The summed E-state index contributed by atoms with van der Waals surface area (Å²) in [7, 11) is 0. The molecule has 1 atom stereocenters. The quantitative estimate of drug-likeness (QED) is 0.651. The average Bonchev–Trinajstić information content (AvgIpc) is 2.79. The maximum atomic E-state index is 9.26. The fourth-order valence-electron chi connectivity index (χ4n) is 2.55. The van der Waals surface area contributed by atoms with E-state index >= 15 is 0 Å². The first kappa shape index (κ1) is 11.3. The number of nitrogens with zero attached hydrogens (tertiary/aromatic N) is 2. The molecule has 2 aliphatic rings. The zero-order valence-corrected chi connectivity index (χ0v) is 9.49. The predicted molar refractivity (Wildman–Crippen MR) is 61.0 cm³/mol. The second-order valence-electron chi connectivity index (χ2n) is 4.63. The zero-order chi connectivity index (χ0) is 10.5. The van der Waals surface area contributed by atoms with Crippen LogP contribution in [0.25, 0.3) is 0 Å².